The number of hydrogen-bond acceptors (Lipinski definition) is 3. The quantitative estimate of drug-likeness (QED) is 0.713. The van der Waals surface area contributed by atoms with Crippen LogP contribution >= 0.6 is 0 Å². The Labute approximate surface area is 77.6 Å². The van der Waals surface area contributed by atoms with Gasteiger partial charge in [-0.05, 0) is 30.9 Å². The van der Waals surface area contributed by atoms with E-state index in [2.05, 4.69) is 4.98 Å². The summed E-state index contributed by atoms with van der Waals surface area (Å²) in [4.78, 5) is 4.00. The van der Waals surface area contributed by atoms with E-state index in [0.29, 0.717) is 6.42 Å². The third kappa shape index (κ3) is 1.65. The van der Waals surface area contributed by atoms with Crippen molar-refractivity contribution in [2.24, 2.45) is 0 Å². The number of nitrogens with two attached hydrogens (primary N) is 1. The van der Waals surface area contributed by atoms with E-state index in [9.17, 15) is 5.11 Å². The van der Waals surface area contributed by atoms with Crippen LogP contribution in [0.25, 0.3) is 0 Å². The smallest absolute Gasteiger partial charge is 0.0689 e. The van der Waals surface area contributed by atoms with Crippen LogP contribution < -0.4 is 5.73 Å². The maximum atomic E-state index is 9.90. The summed E-state index contributed by atoms with van der Waals surface area (Å²) in [5.74, 6) is 0. The number of nitrogens with zero attached hydrogens (tertiary/aromatic N) is 1. The average Bonchev–Trinajstić information content (AvgIpc) is 2.06. The van der Waals surface area contributed by atoms with E-state index in [1.165, 1.54) is 0 Å². The monoisotopic (exact) mass is 178 g/mol. The van der Waals surface area contributed by atoms with Crippen LogP contribution in [-0.2, 0) is 6.42 Å². The van der Waals surface area contributed by atoms with Crippen LogP contribution in [0.5, 0.6) is 0 Å². The molecule has 0 bridgehead atoms. The van der Waals surface area contributed by atoms with Gasteiger partial charge in [-0.3, -0.25) is 4.98 Å². The Kier molecular flexibility index (Phi) is 1.96. The Morgan fingerprint density at radius 1 is 1.54 bits per heavy atom. The second-order valence-corrected chi connectivity index (χ2v) is 3.83. The Morgan fingerprint density at radius 2 is 2.31 bits per heavy atom. The lowest BCUT2D eigenvalue weighted by molar-refractivity contribution is -0.0322. The second-order valence-electron chi connectivity index (χ2n) is 3.83. The summed E-state index contributed by atoms with van der Waals surface area (Å²) in [7, 11) is 0. The molecule has 1 aromatic rings. The molecule has 0 amide bonds. The maximum absolute atomic E-state index is 9.90. The fourth-order valence-electron chi connectivity index (χ4n) is 1.70. The molecule has 0 atom stereocenters. The summed E-state index contributed by atoms with van der Waals surface area (Å²) in [5.41, 5.74) is 6.95. The first kappa shape index (κ1) is 8.51. The molecule has 0 aliphatic heterocycles. The molecule has 3 heteroatoms. The summed E-state index contributed by atoms with van der Waals surface area (Å²) < 4.78 is 0. The lowest BCUT2D eigenvalue weighted by atomic mass is 9.76. The summed E-state index contributed by atoms with van der Waals surface area (Å²) >= 11 is 0. The average molecular weight is 178 g/mol. The van der Waals surface area contributed by atoms with Gasteiger partial charge in [0.25, 0.3) is 0 Å². The van der Waals surface area contributed by atoms with Crippen LogP contribution in [0.15, 0.2) is 18.5 Å². The van der Waals surface area contributed by atoms with Crippen LogP contribution in [0.4, 0.5) is 5.69 Å². The predicted octanol–water partition coefficient (Wildman–Crippen LogP) is 1.12. The standard InChI is InChI=1S/C10H14N2O/c11-9-2-5-12-7-8(9)6-10(13)3-1-4-10/h2,5,7,13H,1,3-4,6H2,(H2,11,12). The van der Waals surface area contributed by atoms with Gasteiger partial charge in [0.05, 0.1) is 5.60 Å². The Hall–Kier alpha value is -1.09. The van der Waals surface area contributed by atoms with Crippen molar-refractivity contribution in [3.05, 3.63) is 24.0 Å². The predicted molar refractivity (Wildman–Crippen MR) is 51.2 cm³/mol. The van der Waals surface area contributed by atoms with Crippen LogP contribution in [0.3, 0.4) is 0 Å². The lowest BCUT2D eigenvalue weighted by Crippen LogP contribution is -2.39. The van der Waals surface area contributed by atoms with Gasteiger partial charge in [-0.2, -0.15) is 0 Å². The molecule has 0 unspecified atom stereocenters. The van der Waals surface area contributed by atoms with E-state index in [1.54, 1.807) is 18.5 Å². The topological polar surface area (TPSA) is 59.1 Å². The van der Waals surface area contributed by atoms with Gasteiger partial charge in [0.2, 0.25) is 0 Å². The number of anilines is 1. The SMILES string of the molecule is Nc1ccncc1CC1(O)CCC1. The molecular formula is C10H14N2O. The molecule has 2 rings (SSSR count). The molecule has 3 nitrogen and oxygen atoms in total. The minimum atomic E-state index is -0.503. The second kappa shape index (κ2) is 3.00. The molecule has 0 spiro atoms. The van der Waals surface area contributed by atoms with Crippen molar-refractivity contribution in [1.29, 1.82) is 0 Å². The summed E-state index contributed by atoms with van der Waals surface area (Å²) in [6.45, 7) is 0. The van der Waals surface area contributed by atoms with E-state index < -0.39 is 5.60 Å². The first-order valence-corrected chi connectivity index (χ1v) is 4.60. The highest BCUT2D eigenvalue weighted by Crippen LogP contribution is 2.35. The van der Waals surface area contributed by atoms with E-state index >= 15 is 0 Å². The van der Waals surface area contributed by atoms with Crippen LogP contribution in [0, 0.1) is 0 Å². The number of aromatic nitrogens is 1. The van der Waals surface area contributed by atoms with Crippen LogP contribution in [-0.4, -0.2) is 15.7 Å². The highest BCUT2D eigenvalue weighted by molar-refractivity contribution is 5.45. The van der Waals surface area contributed by atoms with Gasteiger partial charge >= 0.3 is 0 Å². The third-order valence-corrected chi connectivity index (χ3v) is 2.75. The van der Waals surface area contributed by atoms with Crippen molar-refractivity contribution in [1.82, 2.24) is 4.98 Å². The van der Waals surface area contributed by atoms with Crippen molar-refractivity contribution >= 4 is 5.69 Å². The summed E-state index contributed by atoms with van der Waals surface area (Å²) in [6.07, 6.45) is 6.96. The van der Waals surface area contributed by atoms with Gasteiger partial charge in [0, 0.05) is 24.5 Å². The Bertz CT molecular complexity index is 308. The highest BCUT2D eigenvalue weighted by atomic mass is 16.3. The molecule has 1 aliphatic rings. The zero-order valence-electron chi connectivity index (χ0n) is 7.53. The van der Waals surface area contributed by atoms with Crippen LogP contribution in [0.2, 0.25) is 0 Å². The number of nitrogen functional groups attached to an aromatic ring is 1. The largest absolute Gasteiger partial charge is 0.398 e. The van der Waals surface area contributed by atoms with E-state index in [-0.39, 0.29) is 0 Å². The van der Waals surface area contributed by atoms with Crippen molar-refractivity contribution < 1.29 is 5.11 Å². The Balaban J connectivity index is 2.13. The zero-order chi connectivity index (χ0) is 9.31. The number of pyridine rings is 1. The van der Waals surface area contributed by atoms with Crippen molar-refractivity contribution in [3.63, 3.8) is 0 Å². The van der Waals surface area contributed by atoms with Gasteiger partial charge < -0.3 is 10.8 Å². The molecule has 13 heavy (non-hydrogen) atoms. The van der Waals surface area contributed by atoms with Crippen molar-refractivity contribution in [2.45, 2.75) is 31.3 Å². The van der Waals surface area contributed by atoms with Crippen molar-refractivity contribution in [2.75, 3.05) is 5.73 Å². The molecule has 3 N–H and O–H groups in total. The van der Waals surface area contributed by atoms with Gasteiger partial charge in [0.15, 0.2) is 0 Å². The molecule has 70 valence electrons. The van der Waals surface area contributed by atoms with Gasteiger partial charge in [-0.15, -0.1) is 0 Å². The fourth-order valence-corrected chi connectivity index (χ4v) is 1.70. The minimum absolute atomic E-state index is 0.503. The molecular weight excluding hydrogens is 164 g/mol. The van der Waals surface area contributed by atoms with Crippen LogP contribution in [0.1, 0.15) is 24.8 Å². The zero-order valence-corrected chi connectivity index (χ0v) is 7.53. The molecule has 0 saturated heterocycles. The van der Waals surface area contributed by atoms with Crippen molar-refractivity contribution in [3.8, 4) is 0 Å². The summed E-state index contributed by atoms with van der Waals surface area (Å²) in [5, 5.41) is 9.90. The lowest BCUT2D eigenvalue weighted by Gasteiger charge is -2.36. The first-order valence-electron chi connectivity index (χ1n) is 4.60. The number of aliphatic hydroxyl groups is 1. The molecule has 1 aliphatic carbocycles. The molecule has 1 aromatic heterocycles. The molecule has 1 fully saturated rings. The minimum Gasteiger partial charge on any atom is -0.398 e. The molecule has 0 radical (unpaired) electrons. The van der Waals surface area contributed by atoms with E-state index in [4.69, 9.17) is 5.73 Å². The highest BCUT2D eigenvalue weighted by Gasteiger charge is 2.34. The van der Waals surface area contributed by atoms with Gasteiger partial charge in [-0.25, -0.2) is 0 Å². The summed E-state index contributed by atoms with van der Waals surface area (Å²) in [6, 6.07) is 1.78. The van der Waals surface area contributed by atoms with E-state index in [0.717, 1.165) is 30.5 Å². The third-order valence-electron chi connectivity index (χ3n) is 2.75. The van der Waals surface area contributed by atoms with Gasteiger partial charge in [0.1, 0.15) is 0 Å². The van der Waals surface area contributed by atoms with E-state index in [1.807, 2.05) is 0 Å². The molecule has 1 heterocycles. The number of rotatable bonds is 2. The fraction of sp³-hybridized carbons (Fsp3) is 0.500. The Morgan fingerprint density at radius 3 is 2.85 bits per heavy atom. The molecule has 0 aromatic carbocycles. The maximum Gasteiger partial charge on any atom is 0.0689 e. The number of hydrogen-bond donors (Lipinski definition) is 2. The normalized spacial score (nSPS) is 19.5. The van der Waals surface area contributed by atoms with Gasteiger partial charge in [-0.1, -0.05) is 0 Å². The molecule has 1 saturated carbocycles. The first-order chi connectivity index (χ1) is 6.20.